The SMILES string of the molecule is CCOC(=O)c1ccc(N2C(=O)C(Cl)=C(Oc3ccc(C(C)(C)C)cc3)C2=O)cc1. The number of nitrogens with zero attached hydrogens (tertiary/aromatic N) is 1. The van der Waals surface area contributed by atoms with Crippen molar-refractivity contribution in [3.63, 3.8) is 0 Å². The number of benzene rings is 2. The molecule has 3 rings (SSSR count). The van der Waals surface area contributed by atoms with Crippen molar-refractivity contribution in [3.05, 3.63) is 70.4 Å². The van der Waals surface area contributed by atoms with E-state index in [1.807, 2.05) is 12.1 Å². The molecule has 0 atom stereocenters. The molecule has 6 nitrogen and oxygen atoms in total. The molecule has 2 aromatic carbocycles. The molecule has 1 aliphatic heterocycles. The number of rotatable bonds is 5. The molecular weight excluding hydrogens is 406 g/mol. The van der Waals surface area contributed by atoms with Crippen molar-refractivity contribution in [1.82, 2.24) is 0 Å². The van der Waals surface area contributed by atoms with Gasteiger partial charge in [-0.15, -0.1) is 0 Å². The Morgan fingerprint density at radius 1 is 0.967 bits per heavy atom. The Morgan fingerprint density at radius 3 is 2.10 bits per heavy atom. The van der Waals surface area contributed by atoms with Gasteiger partial charge in [-0.05, 0) is 54.3 Å². The summed E-state index contributed by atoms with van der Waals surface area (Å²) in [5.74, 6) is -1.68. The van der Waals surface area contributed by atoms with E-state index in [1.165, 1.54) is 24.3 Å². The van der Waals surface area contributed by atoms with Gasteiger partial charge in [-0.1, -0.05) is 44.5 Å². The summed E-state index contributed by atoms with van der Waals surface area (Å²) in [6.45, 7) is 8.23. The van der Waals surface area contributed by atoms with Crippen molar-refractivity contribution in [3.8, 4) is 5.75 Å². The third-order valence-electron chi connectivity index (χ3n) is 4.56. The zero-order valence-electron chi connectivity index (χ0n) is 17.2. The summed E-state index contributed by atoms with van der Waals surface area (Å²) in [5.41, 5.74) is 1.67. The smallest absolute Gasteiger partial charge is 0.338 e. The van der Waals surface area contributed by atoms with Gasteiger partial charge in [-0.2, -0.15) is 0 Å². The summed E-state index contributed by atoms with van der Waals surface area (Å²) in [7, 11) is 0. The molecule has 0 radical (unpaired) electrons. The van der Waals surface area contributed by atoms with Crippen molar-refractivity contribution >= 4 is 35.1 Å². The standard InChI is InChI=1S/C23H22ClNO5/c1-5-29-22(28)14-6-10-16(11-7-14)25-20(26)18(24)19(21(25)27)30-17-12-8-15(9-13-17)23(2,3)4/h6-13H,5H2,1-4H3. The van der Waals surface area contributed by atoms with Gasteiger partial charge in [0.1, 0.15) is 5.75 Å². The lowest BCUT2D eigenvalue weighted by atomic mass is 9.87. The van der Waals surface area contributed by atoms with E-state index in [2.05, 4.69) is 20.8 Å². The highest BCUT2D eigenvalue weighted by atomic mass is 35.5. The minimum atomic E-state index is -0.688. The Labute approximate surface area is 180 Å². The normalized spacial score (nSPS) is 14.4. The molecule has 0 saturated heterocycles. The second-order valence-electron chi connectivity index (χ2n) is 7.73. The summed E-state index contributed by atoms with van der Waals surface area (Å²) in [6, 6.07) is 13.2. The Kier molecular flexibility index (Phi) is 5.99. The predicted octanol–water partition coefficient (Wildman–Crippen LogP) is 4.56. The molecule has 0 unspecified atom stereocenters. The summed E-state index contributed by atoms with van der Waals surface area (Å²) in [5, 5.41) is -0.297. The maximum Gasteiger partial charge on any atom is 0.338 e. The van der Waals surface area contributed by atoms with Crippen molar-refractivity contribution in [1.29, 1.82) is 0 Å². The maximum atomic E-state index is 12.8. The number of amides is 2. The predicted molar refractivity (Wildman–Crippen MR) is 114 cm³/mol. The van der Waals surface area contributed by atoms with Crippen LogP contribution >= 0.6 is 11.6 Å². The third kappa shape index (κ3) is 4.24. The van der Waals surface area contributed by atoms with Crippen molar-refractivity contribution in [2.24, 2.45) is 0 Å². The molecule has 1 aliphatic rings. The molecule has 1 heterocycles. The largest absolute Gasteiger partial charge is 0.462 e. The first kappa shape index (κ1) is 21.6. The molecule has 2 amide bonds. The number of hydrogen-bond donors (Lipinski definition) is 0. The van der Waals surface area contributed by atoms with Crippen LogP contribution in [0.1, 0.15) is 43.6 Å². The zero-order chi connectivity index (χ0) is 22.1. The summed E-state index contributed by atoms with van der Waals surface area (Å²) < 4.78 is 10.6. The van der Waals surface area contributed by atoms with E-state index in [1.54, 1.807) is 19.1 Å². The van der Waals surface area contributed by atoms with Crippen molar-refractivity contribution < 1.29 is 23.9 Å². The first-order valence-corrected chi connectivity index (χ1v) is 9.85. The Bertz CT molecular complexity index is 1020. The molecule has 7 heteroatoms. The van der Waals surface area contributed by atoms with E-state index >= 15 is 0 Å². The molecule has 0 fully saturated rings. The highest BCUT2D eigenvalue weighted by Gasteiger charge is 2.40. The Hall–Kier alpha value is -3.12. The molecule has 0 aromatic heterocycles. The highest BCUT2D eigenvalue weighted by molar-refractivity contribution is 6.52. The van der Waals surface area contributed by atoms with Gasteiger partial charge < -0.3 is 9.47 Å². The van der Waals surface area contributed by atoms with Crippen LogP contribution in [0.4, 0.5) is 5.69 Å². The van der Waals surface area contributed by atoms with Crippen LogP contribution in [0.25, 0.3) is 0 Å². The van der Waals surface area contributed by atoms with Gasteiger partial charge >= 0.3 is 11.9 Å². The molecular formula is C23H22ClNO5. The minimum absolute atomic E-state index is 0.0267. The quantitative estimate of drug-likeness (QED) is 0.516. The number of anilines is 1. The van der Waals surface area contributed by atoms with Gasteiger partial charge in [-0.25, -0.2) is 9.69 Å². The van der Waals surface area contributed by atoms with E-state index in [-0.39, 0.29) is 28.5 Å². The van der Waals surface area contributed by atoms with Gasteiger partial charge in [0.2, 0.25) is 5.76 Å². The average Bonchev–Trinajstić information content (AvgIpc) is 2.91. The molecule has 156 valence electrons. The molecule has 2 aromatic rings. The molecule has 0 saturated carbocycles. The average molecular weight is 428 g/mol. The lowest BCUT2D eigenvalue weighted by Crippen LogP contribution is -2.32. The zero-order valence-corrected chi connectivity index (χ0v) is 17.9. The van der Waals surface area contributed by atoms with Crippen LogP contribution in [0.15, 0.2) is 59.3 Å². The van der Waals surface area contributed by atoms with Crippen LogP contribution in [0, 0.1) is 0 Å². The monoisotopic (exact) mass is 427 g/mol. The van der Waals surface area contributed by atoms with E-state index in [9.17, 15) is 14.4 Å². The molecule has 0 bridgehead atoms. The minimum Gasteiger partial charge on any atom is -0.462 e. The summed E-state index contributed by atoms with van der Waals surface area (Å²) >= 11 is 6.11. The van der Waals surface area contributed by atoms with E-state index in [4.69, 9.17) is 21.1 Å². The number of carbonyl (C=O) groups is 3. The van der Waals surface area contributed by atoms with Crippen LogP contribution in [0.5, 0.6) is 5.75 Å². The number of carbonyl (C=O) groups excluding carboxylic acids is 3. The Morgan fingerprint density at radius 2 is 1.57 bits per heavy atom. The number of hydrogen-bond acceptors (Lipinski definition) is 5. The first-order chi connectivity index (χ1) is 14.1. The number of imide groups is 1. The van der Waals surface area contributed by atoms with Gasteiger partial charge in [0.05, 0.1) is 17.9 Å². The highest BCUT2D eigenvalue weighted by Crippen LogP contribution is 2.32. The fourth-order valence-corrected chi connectivity index (χ4v) is 3.11. The van der Waals surface area contributed by atoms with Crippen molar-refractivity contribution in [2.45, 2.75) is 33.1 Å². The number of ether oxygens (including phenoxy) is 2. The molecule has 0 spiro atoms. The van der Waals surface area contributed by atoms with Crippen LogP contribution < -0.4 is 9.64 Å². The number of esters is 1. The molecule has 0 aliphatic carbocycles. The fraction of sp³-hybridized carbons (Fsp3) is 0.261. The van der Waals surface area contributed by atoms with Gasteiger partial charge in [0.15, 0.2) is 5.03 Å². The van der Waals surface area contributed by atoms with Gasteiger partial charge in [0.25, 0.3) is 5.91 Å². The Balaban J connectivity index is 1.80. The first-order valence-electron chi connectivity index (χ1n) is 9.47. The third-order valence-corrected chi connectivity index (χ3v) is 4.90. The molecule has 30 heavy (non-hydrogen) atoms. The topological polar surface area (TPSA) is 72.9 Å². The second kappa shape index (κ2) is 8.32. The van der Waals surface area contributed by atoms with Gasteiger partial charge in [0, 0.05) is 0 Å². The summed E-state index contributed by atoms with van der Waals surface area (Å²) in [4.78, 5) is 38.1. The van der Waals surface area contributed by atoms with Gasteiger partial charge in [-0.3, -0.25) is 9.59 Å². The van der Waals surface area contributed by atoms with Crippen molar-refractivity contribution in [2.75, 3.05) is 11.5 Å². The lowest BCUT2D eigenvalue weighted by Gasteiger charge is -2.19. The lowest BCUT2D eigenvalue weighted by molar-refractivity contribution is -0.121. The van der Waals surface area contributed by atoms with Crippen LogP contribution in [-0.4, -0.2) is 24.4 Å². The fourth-order valence-electron chi connectivity index (χ4n) is 2.91. The summed E-state index contributed by atoms with van der Waals surface area (Å²) in [6.07, 6.45) is 0. The van der Waals surface area contributed by atoms with Crippen LogP contribution in [-0.2, 0) is 19.7 Å². The van der Waals surface area contributed by atoms with Crippen LogP contribution in [0.3, 0.4) is 0 Å². The second-order valence-corrected chi connectivity index (χ2v) is 8.11. The van der Waals surface area contributed by atoms with E-state index in [0.29, 0.717) is 11.3 Å². The van der Waals surface area contributed by atoms with E-state index in [0.717, 1.165) is 10.5 Å². The molecule has 0 N–H and O–H groups in total. The maximum absolute atomic E-state index is 12.8. The number of halogens is 1. The van der Waals surface area contributed by atoms with Crippen LogP contribution in [0.2, 0.25) is 0 Å². The van der Waals surface area contributed by atoms with E-state index < -0.39 is 17.8 Å².